The summed E-state index contributed by atoms with van der Waals surface area (Å²) < 4.78 is 7.12. The second-order valence-electron chi connectivity index (χ2n) is 3.80. The van der Waals surface area contributed by atoms with E-state index in [9.17, 15) is 5.11 Å². The number of aliphatic hydroxyl groups excluding tert-OH is 1. The summed E-state index contributed by atoms with van der Waals surface area (Å²) in [4.78, 5) is 1.14. The molecule has 0 aliphatic carbocycles. The number of hydrogen-bond acceptors (Lipinski definition) is 3. The number of ether oxygens (including phenoxy) is 1. The fourth-order valence-electron chi connectivity index (χ4n) is 1.66. The minimum atomic E-state index is -0.551. The molecule has 0 radical (unpaired) electrons. The van der Waals surface area contributed by atoms with Crippen molar-refractivity contribution in [2.24, 2.45) is 0 Å². The Morgan fingerprint density at radius 1 is 1.28 bits per heavy atom. The van der Waals surface area contributed by atoms with Crippen LogP contribution >= 0.6 is 43.2 Å². The monoisotopic (exact) mass is 390 g/mol. The van der Waals surface area contributed by atoms with Gasteiger partial charge in [0.25, 0.3) is 0 Å². The summed E-state index contributed by atoms with van der Waals surface area (Å²) in [6, 6.07) is 7.60. The van der Waals surface area contributed by atoms with Crippen LogP contribution in [0.15, 0.2) is 38.6 Å². The largest absolute Gasteiger partial charge is 0.497 e. The van der Waals surface area contributed by atoms with E-state index in [1.807, 2.05) is 29.6 Å². The average Bonchev–Trinajstić information content (AvgIpc) is 2.75. The second kappa shape index (κ2) is 6.19. The highest BCUT2D eigenvalue weighted by atomic mass is 79.9. The molecule has 2 aromatic rings. The van der Waals surface area contributed by atoms with Gasteiger partial charge in [-0.2, -0.15) is 0 Å². The summed E-state index contributed by atoms with van der Waals surface area (Å²) in [6.45, 7) is 0. The predicted molar refractivity (Wildman–Crippen MR) is 81.4 cm³/mol. The maximum Gasteiger partial charge on any atom is 0.119 e. The zero-order chi connectivity index (χ0) is 13.1. The van der Waals surface area contributed by atoms with Gasteiger partial charge in [0.15, 0.2) is 0 Å². The topological polar surface area (TPSA) is 29.5 Å². The van der Waals surface area contributed by atoms with Gasteiger partial charge in [-0.25, -0.2) is 0 Å². The van der Waals surface area contributed by atoms with Crippen molar-refractivity contribution in [3.05, 3.63) is 49.0 Å². The van der Waals surface area contributed by atoms with Crippen molar-refractivity contribution in [1.29, 1.82) is 0 Å². The van der Waals surface area contributed by atoms with E-state index in [1.54, 1.807) is 18.4 Å². The normalized spacial score (nSPS) is 12.4. The average molecular weight is 392 g/mol. The molecule has 0 aliphatic heterocycles. The van der Waals surface area contributed by atoms with Gasteiger partial charge < -0.3 is 9.84 Å². The van der Waals surface area contributed by atoms with Crippen LogP contribution in [0.2, 0.25) is 0 Å². The molecule has 96 valence electrons. The molecule has 0 fully saturated rings. The van der Waals surface area contributed by atoms with Gasteiger partial charge >= 0.3 is 0 Å². The third-order valence-corrected chi connectivity index (χ3v) is 5.30. The van der Waals surface area contributed by atoms with E-state index in [0.717, 1.165) is 25.1 Å². The van der Waals surface area contributed by atoms with Gasteiger partial charge in [0.2, 0.25) is 0 Å². The van der Waals surface area contributed by atoms with Crippen LogP contribution in [0.5, 0.6) is 5.75 Å². The van der Waals surface area contributed by atoms with Crippen LogP contribution in [-0.2, 0) is 6.42 Å². The highest BCUT2D eigenvalue weighted by molar-refractivity contribution is 9.10. The molecule has 1 N–H and O–H groups in total. The standard InChI is InChI=1S/C13H12Br2O2S/c1-17-8-2-3-10(14)9(6-8)12(16)7-13-11(15)4-5-18-13/h2-6,12,16H,7H2,1H3. The Morgan fingerprint density at radius 3 is 2.67 bits per heavy atom. The van der Waals surface area contributed by atoms with Gasteiger partial charge in [-0.05, 0) is 51.1 Å². The summed E-state index contributed by atoms with van der Waals surface area (Å²) in [7, 11) is 1.62. The van der Waals surface area contributed by atoms with E-state index in [0.29, 0.717) is 6.42 Å². The molecule has 0 amide bonds. The first kappa shape index (κ1) is 14.1. The maximum atomic E-state index is 10.3. The summed E-state index contributed by atoms with van der Waals surface area (Å²) in [5.41, 5.74) is 0.842. The number of rotatable bonds is 4. The third-order valence-electron chi connectivity index (χ3n) is 2.63. The number of aliphatic hydroxyl groups is 1. The van der Waals surface area contributed by atoms with Crippen LogP contribution in [0, 0.1) is 0 Å². The van der Waals surface area contributed by atoms with Crippen molar-refractivity contribution >= 4 is 43.2 Å². The minimum absolute atomic E-state index is 0.551. The highest BCUT2D eigenvalue weighted by Crippen LogP contribution is 2.32. The van der Waals surface area contributed by atoms with E-state index in [2.05, 4.69) is 31.9 Å². The number of methoxy groups -OCH3 is 1. The third kappa shape index (κ3) is 3.15. The Kier molecular flexibility index (Phi) is 4.84. The molecule has 0 spiro atoms. The molecule has 0 saturated heterocycles. The fraction of sp³-hybridized carbons (Fsp3) is 0.231. The number of benzene rings is 1. The van der Waals surface area contributed by atoms with Crippen molar-refractivity contribution in [3.8, 4) is 5.75 Å². The molecule has 0 bridgehead atoms. The van der Waals surface area contributed by atoms with Crippen molar-refractivity contribution in [1.82, 2.24) is 0 Å². The van der Waals surface area contributed by atoms with Gasteiger partial charge in [0.05, 0.1) is 13.2 Å². The summed E-state index contributed by atoms with van der Waals surface area (Å²) in [5.74, 6) is 0.748. The van der Waals surface area contributed by atoms with Gasteiger partial charge in [-0.3, -0.25) is 0 Å². The molecule has 1 aromatic carbocycles. The van der Waals surface area contributed by atoms with Gasteiger partial charge in [0, 0.05) is 20.2 Å². The lowest BCUT2D eigenvalue weighted by molar-refractivity contribution is 0.178. The maximum absolute atomic E-state index is 10.3. The molecule has 2 rings (SSSR count). The smallest absolute Gasteiger partial charge is 0.119 e. The van der Waals surface area contributed by atoms with Crippen LogP contribution in [0.1, 0.15) is 16.5 Å². The first-order valence-corrected chi connectivity index (χ1v) is 7.81. The summed E-state index contributed by atoms with van der Waals surface area (Å²) in [6.07, 6.45) is 0.0359. The Balaban J connectivity index is 2.23. The molecule has 0 aliphatic rings. The van der Waals surface area contributed by atoms with E-state index < -0.39 is 6.10 Å². The Labute approximate surface area is 127 Å². The van der Waals surface area contributed by atoms with Gasteiger partial charge in [0.1, 0.15) is 5.75 Å². The number of hydrogen-bond donors (Lipinski definition) is 1. The molecule has 1 atom stereocenters. The first-order chi connectivity index (χ1) is 8.61. The number of thiophene rings is 1. The second-order valence-corrected chi connectivity index (χ2v) is 6.51. The molecule has 1 aromatic heterocycles. The van der Waals surface area contributed by atoms with Crippen molar-refractivity contribution < 1.29 is 9.84 Å². The van der Waals surface area contributed by atoms with Gasteiger partial charge in [-0.1, -0.05) is 15.9 Å². The molecule has 18 heavy (non-hydrogen) atoms. The molecular formula is C13H12Br2O2S. The van der Waals surface area contributed by atoms with E-state index in [1.165, 1.54) is 0 Å². The van der Waals surface area contributed by atoms with Gasteiger partial charge in [-0.15, -0.1) is 11.3 Å². The zero-order valence-electron chi connectivity index (χ0n) is 9.69. The fourth-order valence-corrected chi connectivity index (χ4v) is 3.72. The van der Waals surface area contributed by atoms with Crippen molar-refractivity contribution in [2.75, 3.05) is 7.11 Å². The van der Waals surface area contributed by atoms with Crippen LogP contribution in [0.4, 0.5) is 0 Å². The van der Waals surface area contributed by atoms with Crippen LogP contribution < -0.4 is 4.74 Å². The zero-order valence-corrected chi connectivity index (χ0v) is 13.7. The quantitative estimate of drug-likeness (QED) is 0.827. The molecule has 2 nitrogen and oxygen atoms in total. The lowest BCUT2D eigenvalue weighted by Gasteiger charge is -2.13. The minimum Gasteiger partial charge on any atom is -0.497 e. The van der Waals surface area contributed by atoms with Crippen LogP contribution in [0.3, 0.4) is 0 Å². The van der Waals surface area contributed by atoms with E-state index >= 15 is 0 Å². The highest BCUT2D eigenvalue weighted by Gasteiger charge is 2.15. The van der Waals surface area contributed by atoms with Crippen molar-refractivity contribution in [3.63, 3.8) is 0 Å². The molecule has 1 heterocycles. The van der Waals surface area contributed by atoms with Crippen molar-refractivity contribution in [2.45, 2.75) is 12.5 Å². The lowest BCUT2D eigenvalue weighted by Crippen LogP contribution is -2.02. The predicted octanol–water partition coefficient (Wildman–Crippen LogP) is 4.56. The first-order valence-electron chi connectivity index (χ1n) is 5.35. The molecule has 5 heteroatoms. The molecule has 0 saturated carbocycles. The lowest BCUT2D eigenvalue weighted by atomic mass is 10.1. The molecule has 1 unspecified atom stereocenters. The SMILES string of the molecule is COc1ccc(Br)c(C(O)Cc2sccc2Br)c1. The number of halogens is 2. The Bertz CT molecular complexity index is 540. The summed E-state index contributed by atoms with van der Waals surface area (Å²) >= 11 is 8.57. The summed E-state index contributed by atoms with van der Waals surface area (Å²) in [5, 5.41) is 12.3. The van der Waals surface area contributed by atoms with Crippen LogP contribution in [-0.4, -0.2) is 12.2 Å². The van der Waals surface area contributed by atoms with E-state index in [-0.39, 0.29) is 0 Å². The molecular weight excluding hydrogens is 380 g/mol. The van der Waals surface area contributed by atoms with Crippen LogP contribution in [0.25, 0.3) is 0 Å². The Morgan fingerprint density at radius 2 is 2.06 bits per heavy atom. The Hall–Kier alpha value is -0.360. The van der Waals surface area contributed by atoms with E-state index in [4.69, 9.17) is 4.74 Å².